The molecule has 4 N–H and O–H groups in total. The molecule has 4 nitrogen and oxygen atoms in total. The van der Waals surface area contributed by atoms with Gasteiger partial charge in [0.05, 0.1) is 4.47 Å². The lowest BCUT2D eigenvalue weighted by Gasteiger charge is -2.14. The van der Waals surface area contributed by atoms with Crippen molar-refractivity contribution in [3.63, 3.8) is 0 Å². The van der Waals surface area contributed by atoms with Crippen LogP contribution in [-0.2, 0) is 17.6 Å². The lowest BCUT2D eigenvalue weighted by Crippen LogP contribution is -2.21. The van der Waals surface area contributed by atoms with Crippen LogP contribution < -0.4 is 5.73 Å². The van der Waals surface area contributed by atoms with Crippen molar-refractivity contribution in [2.45, 2.75) is 25.3 Å². The van der Waals surface area contributed by atoms with Crippen molar-refractivity contribution < 1.29 is 15.0 Å². The second kappa shape index (κ2) is 4.07. The molecule has 0 saturated carbocycles. The molecule has 0 fully saturated rings. The summed E-state index contributed by atoms with van der Waals surface area (Å²) in [4.78, 5) is 10.8. The van der Waals surface area contributed by atoms with Crippen molar-refractivity contribution >= 4 is 21.9 Å². The van der Waals surface area contributed by atoms with E-state index in [0.717, 1.165) is 30.4 Å². The number of aliphatic carboxylic acids is 1. The summed E-state index contributed by atoms with van der Waals surface area (Å²) in [5.41, 5.74) is 7.95. The third-order valence-corrected chi connectivity index (χ3v) is 3.79. The summed E-state index contributed by atoms with van der Waals surface area (Å²) >= 11 is 3.30. The van der Waals surface area contributed by atoms with Crippen LogP contribution in [0.15, 0.2) is 10.5 Å². The highest BCUT2D eigenvalue weighted by atomic mass is 79.9. The topological polar surface area (TPSA) is 83.6 Å². The second-order valence-electron chi connectivity index (χ2n) is 3.94. The lowest BCUT2D eigenvalue weighted by atomic mass is 10.0. The number of halogens is 1. The van der Waals surface area contributed by atoms with Gasteiger partial charge in [0.25, 0.3) is 0 Å². The molecule has 86 valence electrons. The van der Waals surface area contributed by atoms with E-state index in [4.69, 9.17) is 10.8 Å². The van der Waals surface area contributed by atoms with E-state index in [-0.39, 0.29) is 11.3 Å². The second-order valence-corrected chi connectivity index (χ2v) is 4.73. The summed E-state index contributed by atoms with van der Waals surface area (Å²) in [6, 6.07) is 0.531. The number of rotatable bonds is 2. The number of phenolic OH excluding ortho intramolecular Hbond substituents is 1. The van der Waals surface area contributed by atoms with Gasteiger partial charge in [0, 0.05) is 5.56 Å². The predicted octanol–water partition coefficient (Wildman–Crippen LogP) is 1.73. The zero-order valence-corrected chi connectivity index (χ0v) is 10.1. The fraction of sp³-hybridized carbons (Fsp3) is 0.364. The molecule has 16 heavy (non-hydrogen) atoms. The quantitative estimate of drug-likeness (QED) is 0.773. The molecule has 0 aromatic heterocycles. The van der Waals surface area contributed by atoms with Gasteiger partial charge < -0.3 is 15.9 Å². The van der Waals surface area contributed by atoms with E-state index >= 15 is 0 Å². The van der Waals surface area contributed by atoms with Crippen LogP contribution in [0.3, 0.4) is 0 Å². The van der Waals surface area contributed by atoms with Gasteiger partial charge in [-0.3, -0.25) is 4.79 Å². The molecule has 0 aliphatic heterocycles. The molecule has 1 aliphatic rings. The maximum absolute atomic E-state index is 10.8. The minimum Gasteiger partial charge on any atom is -0.506 e. The first-order valence-corrected chi connectivity index (χ1v) is 5.83. The molecule has 2 rings (SSSR count). The van der Waals surface area contributed by atoms with Crippen LogP contribution in [0.1, 0.15) is 29.2 Å². The smallest absolute Gasteiger partial charge is 0.325 e. The Bertz CT molecular complexity index is 459. The Balaban J connectivity index is 2.56. The molecular formula is C11H12BrNO3. The third kappa shape index (κ3) is 1.70. The SMILES string of the molecule is NC(C(=O)O)c1cc2c(c(Br)c1O)CCC2. The highest BCUT2D eigenvalue weighted by Crippen LogP contribution is 2.40. The van der Waals surface area contributed by atoms with Crippen LogP contribution in [0, 0.1) is 0 Å². The van der Waals surface area contributed by atoms with E-state index in [9.17, 15) is 9.90 Å². The summed E-state index contributed by atoms with van der Waals surface area (Å²) < 4.78 is 0.592. The Kier molecular flexibility index (Phi) is 2.90. The Morgan fingerprint density at radius 2 is 2.19 bits per heavy atom. The minimum atomic E-state index is -1.18. The van der Waals surface area contributed by atoms with Crippen molar-refractivity contribution in [3.8, 4) is 5.75 Å². The number of carbonyl (C=O) groups is 1. The number of carboxylic acids is 1. The molecule has 1 atom stereocenters. The maximum atomic E-state index is 10.8. The van der Waals surface area contributed by atoms with Crippen molar-refractivity contribution in [2.75, 3.05) is 0 Å². The van der Waals surface area contributed by atoms with Crippen LogP contribution in [0.2, 0.25) is 0 Å². The maximum Gasteiger partial charge on any atom is 0.325 e. The number of hydrogen-bond acceptors (Lipinski definition) is 3. The number of phenols is 1. The van der Waals surface area contributed by atoms with Gasteiger partial charge in [-0.2, -0.15) is 0 Å². The Morgan fingerprint density at radius 1 is 1.50 bits per heavy atom. The zero-order valence-electron chi connectivity index (χ0n) is 8.53. The van der Waals surface area contributed by atoms with E-state index < -0.39 is 12.0 Å². The Labute approximate surface area is 101 Å². The molecular weight excluding hydrogens is 274 g/mol. The number of carboxylic acid groups (broad SMARTS) is 1. The van der Waals surface area contributed by atoms with Gasteiger partial charge in [-0.25, -0.2) is 0 Å². The van der Waals surface area contributed by atoms with Gasteiger partial charge in [0.15, 0.2) is 0 Å². The van der Waals surface area contributed by atoms with Crippen molar-refractivity contribution in [1.82, 2.24) is 0 Å². The average Bonchev–Trinajstić information content (AvgIpc) is 2.70. The molecule has 1 aromatic rings. The number of nitrogens with two attached hydrogens (primary N) is 1. The summed E-state index contributed by atoms with van der Waals surface area (Å²) in [5.74, 6) is -1.18. The number of benzene rings is 1. The Morgan fingerprint density at radius 3 is 2.81 bits per heavy atom. The lowest BCUT2D eigenvalue weighted by molar-refractivity contribution is -0.138. The van der Waals surface area contributed by atoms with Gasteiger partial charge in [0.2, 0.25) is 0 Å². The van der Waals surface area contributed by atoms with E-state index in [2.05, 4.69) is 15.9 Å². The van der Waals surface area contributed by atoms with Crippen molar-refractivity contribution in [1.29, 1.82) is 0 Å². The monoisotopic (exact) mass is 285 g/mol. The van der Waals surface area contributed by atoms with E-state index in [1.54, 1.807) is 6.07 Å². The number of aryl methyl sites for hydroxylation is 1. The van der Waals surface area contributed by atoms with Crippen LogP contribution in [0.4, 0.5) is 0 Å². The van der Waals surface area contributed by atoms with Gasteiger partial charge in [-0.05, 0) is 52.4 Å². The summed E-state index contributed by atoms with van der Waals surface area (Å²) in [6.07, 6.45) is 2.85. The summed E-state index contributed by atoms with van der Waals surface area (Å²) in [5, 5.41) is 18.7. The molecule has 0 bridgehead atoms. The highest BCUT2D eigenvalue weighted by Gasteiger charge is 2.25. The zero-order chi connectivity index (χ0) is 11.9. The predicted molar refractivity (Wildman–Crippen MR) is 62.4 cm³/mol. The third-order valence-electron chi connectivity index (χ3n) is 2.94. The molecule has 0 saturated heterocycles. The molecule has 1 aliphatic carbocycles. The summed E-state index contributed by atoms with van der Waals surface area (Å²) in [6.45, 7) is 0. The van der Waals surface area contributed by atoms with Crippen LogP contribution >= 0.6 is 15.9 Å². The normalized spacial score (nSPS) is 15.9. The van der Waals surface area contributed by atoms with Gasteiger partial charge in [-0.1, -0.05) is 0 Å². The van der Waals surface area contributed by atoms with Crippen molar-refractivity contribution in [3.05, 3.63) is 27.2 Å². The van der Waals surface area contributed by atoms with Crippen LogP contribution in [0.5, 0.6) is 5.75 Å². The molecule has 1 unspecified atom stereocenters. The largest absolute Gasteiger partial charge is 0.506 e. The summed E-state index contributed by atoms with van der Waals surface area (Å²) in [7, 11) is 0. The van der Waals surface area contributed by atoms with E-state index in [1.807, 2.05) is 0 Å². The van der Waals surface area contributed by atoms with Gasteiger partial charge in [-0.15, -0.1) is 0 Å². The number of aromatic hydroxyl groups is 1. The number of fused-ring (bicyclic) bond motifs is 1. The molecule has 0 spiro atoms. The number of hydrogen-bond donors (Lipinski definition) is 3. The van der Waals surface area contributed by atoms with Crippen molar-refractivity contribution in [2.24, 2.45) is 5.73 Å². The molecule has 0 heterocycles. The first-order valence-electron chi connectivity index (χ1n) is 5.04. The first-order chi connectivity index (χ1) is 7.52. The first kappa shape index (κ1) is 11.4. The fourth-order valence-electron chi connectivity index (χ4n) is 2.07. The Hall–Kier alpha value is -1.07. The molecule has 0 radical (unpaired) electrons. The highest BCUT2D eigenvalue weighted by molar-refractivity contribution is 9.10. The molecule has 5 heteroatoms. The molecule has 0 amide bonds. The van der Waals surface area contributed by atoms with E-state index in [0.29, 0.717) is 4.47 Å². The standard InChI is InChI=1S/C11H12BrNO3/c12-8-6-3-1-2-5(6)4-7(10(8)14)9(13)11(15)16/h4,9,14H,1-3,13H2,(H,15,16). The van der Waals surface area contributed by atoms with Gasteiger partial charge >= 0.3 is 5.97 Å². The van der Waals surface area contributed by atoms with E-state index in [1.165, 1.54) is 0 Å². The minimum absolute atomic E-state index is 0.0458. The fourth-order valence-corrected chi connectivity index (χ4v) is 2.75. The van der Waals surface area contributed by atoms with Gasteiger partial charge in [0.1, 0.15) is 11.8 Å². The van der Waals surface area contributed by atoms with Crippen LogP contribution in [0.25, 0.3) is 0 Å². The van der Waals surface area contributed by atoms with Crippen LogP contribution in [-0.4, -0.2) is 16.2 Å². The molecule has 1 aromatic carbocycles. The average molecular weight is 286 g/mol.